The molecule has 7 rings (SSSR count). The lowest BCUT2D eigenvalue weighted by Crippen LogP contribution is -2.54. The second kappa shape index (κ2) is 12.1. The van der Waals surface area contributed by atoms with Crippen molar-refractivity contribution in [3.05, 3.63) is 54.0 Å². The van der Waals surface area contributed by atoms with E-state index in [1.165, 1.54) is 19.5 Å². The lowest BCUT2D eigenvalue weighted by molar-refractivity contribution is -0.223. The summed E-state index contributed by atoms with van der Waals surface area (Å²) in [5.74, 6) is 0.254. The molecule has 3 fully saturated rings. The number of pyridine rings is 1. The van der Waals surface area contributed by atoms with Gasteiger partial charge in [0, 0.05) is 38.6 Å². The monoisotopic (exact) mass is 604 g/mol. The van der Waals surface area contributed by atoms with Gasteiger partial charge in [0.15, 0.2) is 18.9 Å². The van der Waals surface area contributed by atoms with Crippen molar-refractivity contribution >= 4 is 27.5 Å². The van der Waals surface area contributed by atoms with Gasteiger partial charge in [-0.2, -0.15) is 0 Å². The van der Waals surface area contributed by atoms with E-state index in [4.69, 9.17) is 18.9 Å². The number of rotatable bonds is 8. The normalized spacial score (nSPS) is 23.8. The fourth-order valence-corrected chi connectivity index (χ4v) is 7.41. The van der Waals surface area contributed by atoms with Crippen molar-refractivity contribution in [3.8, 4) is 17.0 Å². The number of methoxy groups -OCH3 is 1. The number of halogens is 2. The number of anilines is 1. The summed E-state index contributed by atoms with van der Waals surface area (Å²) in [5.41, 5.74) is 1.38. The zero-order valence-electron chi connectivity index (χ0n) is 25.3. The fourth-order valence-electron chi connectivity index (χ4n) is 7.41. The zero-order valence-corrected chi connectivity index (χ0v) is 25.3. The molecule has 4 heterocycles. The molecule has 0 amide bonds. The highest BCUT2D eigenvalue weighted by atomic mass is 19.1. The average Bonchev–Trinajstić information content (AvgIpc) is 3.03. The van der Waals surface area contributed by atoms with Gasteiger partial charge in [-0.3, -0.25) is 4.98 Å². The Balaban J connectivity index is 1.21. The average molecular weight is 605 g/mol. The molecule has 1 atom stereocenters. The summed E-state index contributed by atoms with van der Waals surface area (Å²) < 4.78 is 54.3. The summed E-state index contributed by atoms with van der Waals surface area (Å²) >= 11 is 0. The van der Waals surface area contributed by atoms with Crippen molar-refractivity contribution in [1.82, 2.24) is 15.0 Å². The summed E-state index contributed by atoms with van der Waals surface area (Å²) in [7, 11) is 1.53. The number of nitrogens with zero attached hydrogens (tertiary/aromatic N) is 4. The lowest BCUT2D eigenvalue weighted by atomic mass is 9.62. The Morgan fingerprint density at radius 3 is 2.77 bits per heavy atom. The van der Waals surface area contributed by atoms with Crippen LogP contribution in [0.3, 0.4) is 0 Å². The Kier molecular flexibility index (Phi) is 8.07. The highest BCUT2D eigenvalue weighted by Gasteiger charge is 2.48. The van der Waals surface area contributed by atoms with E-state index in [2.05, 4.69) is 19.9 Å². The van der Waals surface area contributed by atoms with E-state index in [0.717, 1.165) is 70.0 Å². The number of benzene rings is 2. The molecule has 44 heavy (non-hydrogen) atoms. The Morgan fingerprint density at radius 2 is 1.98 bits per heavy atom. The minimum atomic E-state index is -0.570. The molecule has 2 saturated heterocycles. The van der Waals surface area contributed by atoms with Gasteiger partial charge in [-0.25, -0.2) is 18.7 Å². The van der Waals surface area contributed by atoms with Gasteiger partial charge < -0.3 is 23.8 Å². The van der Waals surface area contributed by atoms with Gasteiger partial charge in [0.25, 0.3) is 0 Å². The van der Waals surface area contributed by atoms with E-state index in [1.54, 1.807) is 24.4 Å². The summed E-state index contributed by atoms with van der Waals surface area (Å²) in [6, 6.07) is 6.61. The Labute approximate surface area is 255 Å². The molecule has 0 bridgehead atoms. The van der Waals surface area contributed by atoms with Crippen LogP contribution >= 0.6 is 0 Å². The highest BCUT2D eigenvalue weighted by Crippen LogP contribution is 2.50. The van der Waals surface area contributed by atoms with Crippen LogP contribution in [0.1, 0.15) is 57.4 Å². The van der Waals surface area contributed by atoms with E-state index in [0.29, 0.717) is 39.9 Å². The standard InChI is InChI=1S/C34H38F2N4O4/c1-3-24-27(35)9-8-21-13-22(43-20-41-2)14-25(29(21)24)31-30(36)32-26(17-37-31)33(39-19-38-32)40-11-6-10-34(18-40)15-23(16-34)44-28-7-4-5-12-42-28/h8-9,13-14,17,19,23,28H,3-7,10-12,15-16,18,20H2,1-2H3. The van der Waals surface area contributed by atoms with Gasteiger partial charge in [0.05, 0.1) is 11.5 Å². The topological polar surface area (TPSA) is 78.8 Å². The van der Waals surface area contributed by atoms with Crippen LogP contribution in [0, 0.1) is 17.0 Å². The molecule has 232 valence electrons. The van der Waals surface area contributed by atoms with Gasteiger partial charge in [0.2, 0.25) is 0 Å². The predicted molar refractivity (Wildman–Crippen MR) is 164 cm³/mol. The molecule has 2 aromatic carbocycles. The van der Waals surface area contributed by atoms with Crippen molar-refractivity contribution in [2.24, 2.45) is 5.41 Å². The van der Waals surface area contributed by atoms with E-state index in [-0.39, 0.29) is 41.6 Å². The number of ether oxygens (including phenoxy) is 4. The minimum absolute atomic E-state index is 0.0234. The first kappa shape index (κ1) is 29.3. The van der Waals surface area contributed by atoms with E-state index in [1.807, 2.05) is 6.92 Å². The molecule has 8 nitrogen and oxygen atoms in total. The quantitative estimate of drug-likeness (QED) is 0.200. The third-order valence-electron chi connectivity index (χ3n) is 9.46. The van der Waals surface area contributed by atoms with E-state index in [9.17, 15) is 4.39 Å². The number of hydrogen-bond acceptors (Lipinski definition) is 8. The van der Waals surface area contributed by atoms with Crippen LogP contribution in [0.2, 0.25) is 0 Å². The molecule has 1 unspecified atom stereocenters. The molecule has 0 N–H and O–H groups in total. The minimum Gasteiger partial charge on any atom is -0.468 e. The molecule has 1 saturated carbocycles. The number of aryl methyl sites for hydroxylation is 1. The number of fused-ring (bicyclic) bond motifs is 2. The summed E-state index contributed by atoms with van der Waals surface area (Å²) in [6.45, 7) is 4.35. The molecule has 1 aliphatic carbocycles. The number of hydrogen-bond donors (Lipinski definition) is 0. The molecular weight excluding hydrogens is 566 g/mol. The first-order valence-corrected chi connectivity index (χ1v) is 15.7. The van der Waals surface area contributed by atoms with Crippen LogP contribution in [0.4, 0.5) is 14.6 Å². The van der Waals surface area contributed by atoms with Crippen molar-refractivity contribution in [2.75, 3.05) is 38.5 Å². The maximum absolute atomic E-state index is 16.5. The van der Waals surface area contributed by atoms with Crippen LogP contribution in [0.15, 0.2) is 36.8 Å². The van der Waals surface area contributed by atoms with Gasteiger partial charge in [0.1, 0.15) is 34.9 Å². The van der Waals surface area contributed by atoms with E-state index < -0.39 is 5.82 Å². The van der Waals surface area contributed by atoms with Gasteiger partial charge >= 0.3 is 0 Å². The molecule has 10 heteroatoms. The maximum Gasteiger partial charge on any atom is 0.188 e. The number of aromatic nitrogens is 3. The van der Waals surface area contributed by atoms with Gasteiger partial charge in [-0.15, -0.1) is 0 Å². The highest BCUT2D eigenvalue weighted by molar-refractivity contribution is 6.01. The second-order valence-corrected chi connectivity index (χ2v) is 12.4. The summed E-state index contributed by atoms with van der Waals surface area (Å²) in [4.78, 5) is 15.9. The van der Waals surface area contributed by atoms with Crippen molar-refractivity contribution in [1.29, 1.82) is 0 Å². The molecule has 3 aliphatic rings. The predicted octanol–water partition coefficient (Wildman–Crippen LogP) is 6.96. The van der Waals surface area contributed by atoms with Crippen LogP contribution in [-0.2, 0) is 20.6 Å². The first-order valence-electron chi connectivity index (χ1n) is 15.7. The largest absolute Gasteiger partial charge is 0.468 e. The van der Waals surface area contributed by atoms with Crippen LogP contribution in [-0.4, -0.2) is 60.9 Å². The van der Waals surface area contributed by atoms with Crippen molar-refractivity contribution in [3.63, 3.8) is 0 Å². The van der Waals surface area contributed by atoms with Gasteiger partial charge in [-0.05, 0) is 91.3 Å². The second-order valence-electron chi connectivity index (χ2n) is 12.4. The third-order valence-corrected chi connectivity index (χ3v) is 9.46. The SMILES string of the molecule is CCc1c(F)ccc2cc(OCOC)cc(-c3ncc4c(N5CCCC6(CC(OC7CCCCO7)C6)C5)ncnc4c3F)c12. The fraction of sp³-hybridized carbons (Fsp3) is 0.500. The maximum atomic E-state index is 16.5. The summed E-state index contributed by atoms with van der Waals surface area (Å²) in [6.07, 6.45) is 11.0. The number of piperidine rings is 1. The van der Waals surface area contributed by atoms with Crippen LogP contribution < -0.4 is 9.64 Å². The molecule has 2 aromatic heterocycles. The Morgan fingerprint density at radius 1 is 1.09 bits per heavy atom. The smallest absolute Gasteiger partial charge is 0.188 e. The van der Waals surface area contributed by atoms with E-state index >= 15 is 4.39 Å². The van der Waals surface area contributed by atoms with Crippen molar-refractivity contribution < 1.29 is 27.7 Å². The zero-order chi connectivity index (χ0) is 30.3. The molecule has 0 radical (unpaired) electrons. The molecular formula is C34H38F2N4O4. The Hall–Kier alpha value is -3.47. The lowest BCUT2D eigenvalue weighted by Gasteiger charge is -2.53. The summed E-state index contributed by atoms with van der Waals surface area (Å²) in [5, 5.41) is 1.90. The van der Waals surface area contributed by atoms with Crippen LogP contribution in [0.5, 0.6) is 5.75 Å². The third kappa shape index (κ3) is 5.37. The first-order chi connectivity index (χ1) is 21.5. The van der Waals surface area contributed by atoms with Crippen molar-refractivity contribution in [2.45, 2.75) is 70.7 Å². The Bertz CT molecular complexity index is 1670. The van der Waals surface area contributed by atoms with Gasteiger partial charge in [-0.1, -0.05) is 13.0 Å². The molecule has 1 spiro atoms. The molecule has 2 aliphatic heterocycles. The van der Waals surface area contributed by atoms with Crippen LogP contribution in [0.25, 0.3) is 32.9 Å². The molecule has 4 aromatic rings.